The maximum absolute atomic E-state index is 12.3. The van der Waals surface area contributed by atoms with Gasteiger partial charge < -0.3 is 0 Å². The first kappa shape index (κ1) is 12.7. The summed E-state index contributed by atoms with van der Waals surface area (Å²) in [5, 5.41) is 0.655. The summed E-state index contributed by atoms with van der Waals surface area (Å²) in [6.07, 6.45) is 0. The molecular weight excluding hydrogens is 282 g/mol. The van der Waals surface area contributed by atoms with E-state index in [-0.39, 0.29) is 6.04 Å². The van der Waals surface area contributed by atoms with Crippen molar-refractivity contribution >= 4 is 21.6 Å². The van der Waals surface area contributed by atoms with Crippen molar-refractivity contribution in [3.63, 3.8) is 0 Å². The van der Waals surface area contributed by atoms with Crippen molar-refractivity contribution in [2.24, 2.45) is 0 Å². The van der Waals surface area contributed by atoms with Crippen molar-refractivity contribution in [1.82, 2.24) is 4.31 Å². The van der Waals surface area contributed by atoms with E-state index in [0.717, 1.165) is 5.56 Å². The first-order valence-electron chi connectivity index (χ1n) is 5.91. The second-order valence-corrected chi connectivity index (χ2v) is 6.78. The van der Waals surface area contributed by atoms with Gasteiger partial charge in [-0.15, -0.1) is 0 Å². The molecule has 0 bridgehead atoms. The molecule has 98 valence electrons. The largest absolute Gasteiger partial charge is 0.243 e. The van der Waals surface area contributed by atoms with E-state index >= 15 is 0 Å². The third kappa shape index (κ3) is 2.39. The molecule has 1 aliphatic rings. The predicted octanol–water partition coefficient (Wildman–Crippen LogP) is 3.09. The minimum atomic E-state index is -3.37. The van der Waals surface area contributed by atoms with Crippen LogP contribution in [0, 0.1) is 0 Å². The number of hydrogen-bond donors (Lipinski definition) is 0. The van der Waals surface area contributed by atoms with Crippen LogP contribution < -0.4 is 0 Å². The van der Waals surface area contributed by atoms with Gasteiger partial charge in [-0.3, -0.25) is 0 Å². The zero-order chi connectivity index (χ0) is 13.5. The van der Waals surface area contributed by atoms with Crippen molar-refractivity contribution < 1.29 is 8.42 Å². The van der Waals surface area contributed by atoms with Gasteiger partial charge in [0.25, 0.3) is 0 Å². The van der Waals surface area contributed by atoms with E-state index in [1.54, 1.807) is 42.5 Å². The van der Waals surface area contributed by atoms with Crippen molar-refractivity contribution in [3.8, 4) is 0 Å². The lowest BCUT2D eigenvalue weighted by Gasteiger charge is -2.06. The van der Waals surface area contributed by atoms with Gasteiger partial charge in [0.05, 0.1) is 10.9 Å². The highest BCUT2D eigenvalue weighted by molar-refractivity contribution is 7.89. The summed E-state index contributed by atoms with van der Waals surface area (Å²) in [6.45, 7) is 0.527. The van der Waals surface area contributed by atoms with Crippen molar-refractivity contribution in [2.75, 3.05) is 6.54 Å². The molecule has 1 saturated heterocycles. The summed E-state index contributed by atoms with van der Waals surface area (Å²) in [6, 6.07) is 15.7. The molecule has 0 amide bonds. The fraction of sp³-hybridized carbons (Fsp3) is 0.143. The number of rotatable bonds is 3. The maximum atomic E-state index is 12.3. The van der Waals surface area contributed by atoms with Crippen LogP contribution in [0.25, 0.3) is 0 Å². The Morgan fingerprint density at radius 3 is 2.26 bits per heavy atom. The quantitative estimate of drug-likeness (QED) is 0.816. The molecule has 5 heteroatoms. The Morgan fingerprint density at radius 2 is 1.63 bits per heavy atom. The second kappa shape index (κ2) is 4.63. The molecule has 0 radical (unpaired) electrons. The number of halogens is 1. The SMILES string of the molecule is O=S(=O)(c1ccccc1)N1C[C@@H]1c1ccc(Cl)cc1. The molecule has 2 aromatic rings. The van der Waals surface area contributed by atoms with Gasteiger partial charge >= 0.3 is 0 Å². The smallest absolute Gasteiger partial charge is 0.207 e. The fourth-order valence-electron chi connectivity index (χ4n) is 2.07. The molecule has 0 N–H and O–H groups in total. The molecule has 2 atom stereocenters. The van der Waals surface area contributed by atoms with E-state index in [0.29, 0.717) is 16.5 Å². The van der Waals surface area contributed by atoms with E-state index in [1.807, 2.05) is 12.1 Å². The maximum Gasteiger partial charge on any atom is 0.243 e. The first-order chi connectivity index (χ1) is 9.09. The van der Waals surface area contributed by atoms with Gasteiger partial charge in [-0.1, -0.05) is 41.9 Å². The Balaban J connectivity index is 1.85. The molecule has 0 saturated carbocycles. The summed E-state index contributed by atoms with van der Waals surface area (Å²) >= 11 is 5.83. The van der Waals surface area contributed by atoms with E-state index in [2.05, 4.69) is 0 Å². The van der Waals surface area contributed by atoms with E-state index in [4.69, 9.17) is 11.6 Å². The highest BCUT2D eigenvalue weighted by Crippen LogP contribution is 2.40. The van der Waals surface area contributed by atoms with Gasteiger partial charge in [0.1, 0.15) is 0 Å². The van der Waals surface area contributed by atoms with Crippen LogP contribution in [-0.4, -0.2) is 19.3 Å². The number of benzene rings is 2. The van der Waals surface area contributed by atoms with Crippen LogP contribution >= 0.6 is 11.6 Å². The highest BCUT2D eigenvalue weighted by atomic mass is 35.5. The lowest BCUT2D eigenvalue weighted by molar-refractivity contribution is 0.554. The lowest BCUT2D eigenvalue weighted by atomic mass is 10.2. The second-order valence-electron chi connectivity index (χ2n) is 4.46. The normalized spacial score (nSPS) is 22.2. The molecule has 1 unspecified atom stereocenters. The molecule has 3 rings (SSSR count). The average Bonchev–Trinajstić information content (AvgIpc) is 3.22. The predicted molar refractivity (Wildman–Crippen MR) is 74.5 cm³/mol. The monoisotopic (exact) mass is 293 g/mol. The lowest BCUT2D eigenvalue weighted by Crippen LogP contribution is -2.12. The Labute approximate surface area is 117 Å². The molecule has 3 nitrogen and oxygen atoms in total. The molecule has 1 heterocycles. The fourth-order valence-corrected chi connectivity index (χ4v) is 3.77. The number of nitrogens with zero attached hydrogens (tertiary/aromatic N) is 1. The Morgan fingerprint density at radius 1 is 1.00 bits per heavy atom. The minimum absolute atomic E-state index is 0.0672. The Hall–Kier alpha value is -1.36. The van der Waals surface area contributed by atoms with Crippen molar-refractivity contribution in [3.05, 3.63) is 65.2 Å². The molecular formula is C14H12ClNO2S. The molecule has 2 aromatic carbocycles. The molecule has 1 fully saturated rings. The van der Waals surface area contributed by atoms with Gasteiger partial charge in [-0.25, -0.2) is 8.42 Å². The topological polar surface area (TPSA) is 37.1 Å². The van der Waals surface area contributed by atoms with Crippen molar-refractivity contribution in [1.29, 1.82) is 0 Å². The van der Waals surface area contributed by atoms with E-state index in [9.17, 15) is 8.42 Å². The summed E-state index contributed by atoms with van der Waals surface area (Å²) < 4.78 is 26.2. The van der Waals surface area contributed by atoms with Gasteiger partial charge in [-0.05, 0) is 29.8 Å². The van der Waals surface area contributed by atoms with Crippen LogP contribution in [0.5, 0.6) is 0 Å². The first-order valence-corrected chi connectivity index (χ1v) is 7.73. The van der Waals surface area contributed by atoms with E-state index < -0.39 is 10.0 Å². The van der Waals surface area contributed by atoms with E-state index in [1.165, 1.54) is 4.31 Å². The van der Waals surface area contributed by atoms with Gasteiger partial charge in [0.2, 0.25) is 10.0 Å². The van der Waals surface area contributed by atoms with Crippen LogP contribution in [0.3, 0.4) is 0 Å². The average molecular weight is 294 g/mol. The zero-order valence-electron chi connectivity index (χ0n) is 10.0. The molecule has 0 aromatic heterocycles. The standard InChI is InChI=1S/C14H12ClNO2S/c15-12-8-6-11(7-9-12)14-10-16(14)19(17,18)13-4-2-1-3-5-13/h1-9,14H,10H2/t14-,16?/m1/s1. The van der Waals surface area contributed by atoms with Crippen LogP contribution in [0.4, 0.5) is 0 Å². The molecule has 0 spiro atoms. The van der Waals surface area contributed by atoms with Crippen molar-refractivity contribution in [2.45, 2.75) is 10.9 Å². The van der Waals surface area contributed by atoms with Gasteiger partial charge in [0, 0.05) is 11.6 Å². The Kier molecular flexibility index (Phi) is 3.09. The Bertz CT molecular complexity index is 683. The molecule has 19 heavy (non-hydrogen) atoms. The number of hydrogen-bond acceptors (Lipinski definition) is 2. The van der Waals surface area contributed by atoms with Crippen LogP contribution in [0.15, 0.2) is 59.5 Å². The summed E-state index contributed by atoms with van der Waals surface area (Å²) in [4.78, 5) is 0.339. The summed E-state index contributed by atoms with van der Waals surface area (Å²) in [7, 11) is -3.37. The summed E-state index contributed by atoms with van der Waals surface area (Å²) in [5.74, 6) is 0. The third-order valence-corrected chi connectivity index (χ3v) is 5.31. The summed E-state index contributed by atoms with van der Waals surface area (Å²) in [5.41, 5.74) is 0.976. The van der Waals surface area contributed by atoms with Gasteiger partial charge in [-0.2, -0.15) is 4.31 Å². The number of sulfonamides is 1. The van der Waals surface area contributed by atoms with Crippen LogP contribution in [-0.2, 0) is 10.0 Å². The van der Waals surface area contributed by atoms with Gasteiger partial charge in [0.15, 0.2) is 0 Å². The van der Waals surface area contributed by atoms with Crippen LogP contribution in [0.1, 0.15) is 11.6 Å². The highest BCUT2D eigenvalue weighted by Gasteiger charge is 2.45. The zero-order valence-corrected chi connectivity index (χ0v) is 11.6. The third-order valence-electron chi connectivity index (χ3n) is 3.17. The van der Waals surface area contributed by atoms with Crippen LogP contribution in [0.2, 0.25) is 5.02 Å². The molecule has 1 aliphatic heterocycles. The minimum Gasteiger partial charge on any atom is -0.207 e. The molecule has 0 aliphatic carbocycles.